The molecule has 1 heterocycles. The summed E-state index contributed by atoms with van der Waals surface area (Å²) >= 11 is 0. The fourth-order valence-electron chi connectivity index (χ4n) is 2.99. The second-order valence-corrected chi connectivity index (χ2v) is 6.55. The highest BCUT2D eigenvalue weighted by Gasteiger charge is 2.24. The first-order chi connectivity index (χ1) is 12.9. The molecule has 6 heteroatoms. The molecular weight excluding hydrogens is 344 g/mol. The van der Waals surface area contributed by atoms with Gasteiger partial charge in [-0.1, -0.05) is 68.4 Å². The van der Waals surface area contributed by atoms with Crippen molar-refractivity contribution in [3.05, 3.63) is 81.8 Å². The lowest BCUT2D eigenvalue weighted by Crippen LogP contribution is -2.30. The van der Waals surface area contributed by atoms with Crippen LogP contribution in [0.4, 0.5) is 0 Å². The lowest BCUT2D eigenvalue weighted by atomic mass is 9.99. The topological polar surface area (TPSA) is 92.4 Å². The summed E-state index contributed by atoms with van der Waals surface area (Å²) < 4.78 is 1.11. The number of carboxylic acid groups (broad SMARTS) is 1. The number of aromatic nitrogens is 2. The fraction of sp³-hybridized carbons (Fsp3) is 0.190. The first kappa shape index (κ1) is 18.4. The average molecular weight is 364 g/mol. The number of rotatable bonds is 5. The predicted molar refractivity (Wildman–Crippen MR) is 102 cm³/mol. The molecule has 0 fully saturated rings. The van der Waals surface area contributed by atoms with Gasteiger partial charge in [-0.2, -0.15) is 5.10 Å². The van der Waals surface area contributed by atoms with E-state index in [9.17, 15) is 19.8 Å². The summed E-state index contributed by atoms with van der Waals surface area (Å²) in [6, 6.07) is 17.3. The Hall–Kier alpha value is -3.41. The lowest BCUT2D eigenvalue weighted by Gasteiger charge is -2.15. The Labute approximate surface area is 156 Å². The van der Waals surface area contributed by atoms with E-state index in [1.807, 2.05) is 54.6 Å². The summed E-state index contributed by atoms with van der Waals surface area (Å²) in [6.45, 7) is 3.66. The highest BCUT2D eigenvalue weighted by molar-refractivity contribution is 5.90. The van der Waals surface area contributed by atoms with Crippen LogP contribution in [0.5, 0.6) is 5.75 Å². The number of benzene rings is 2. The second kappa shape index (κ2) is 7.45. The fourth-order valence-corrected chi connectivity index (χ4v) is 2.99. The Bertz CT molecular complexity index is 1040. The van der Waals surface area contributed by atoms with E-state index in [-0.39, 0.29) is 18.2 Å². The minimum absolute atomic E-state index is 0.101. The Morgan fingerprint density at radius 3 is 2.33 bits per heavy atom. The van der Waals surface area contributed by atoms with Gasteiger partial charge in [0.15, 0.2) is 11.3 Å². The van der Waals surface area contributed by atoms with Crippen LogP contribution < -0.4 is 5.56 Å². The third kappa shape index (κ3) is 3.60. The van der Waals surface area contributed by atoms with E-state index in [4.69, 9.17) is 0 Å². The van der Waals surface area contributed by atoms with Crippen molar-refractivity contribution < 1.29 is 15.0 Å². The molecule has 3 rings (SSSR count). The van der Waals surface area contributed by atoms with Crippen LogP contribution in [0.15, 0.2) is 59.4 Å². The van der Waals surface area contributed by atoms with Crippen molar-refractivity contribution >= 4 is 5.97 Å². The van der Waals surface area contributed by atoms with Crippen molar-refractivity contribution in [3.63, 3.8) is 0 Å². The molecule has 0 atom stereocenters. The maximum atomic E-state index is 12.6. The molecule has 0 spiro atoms. The molecule has 0 saturated carbocycles. The highest BCUT2D eigenvalue weighted by Crippen LogP contribution is 2.26. The van der Waals surface area contributed by atoms with Crippen molar-refractivity contribution in [2.24, 2.45) is 0 Å². The molecule has 0 aliphatic rings. The Morgan fingerprint density at radius 2 is 1.70 bits per heavy atom. The van der Waals surface area contributed by atoms with Crippen molar-refractivity contribution in [1.29, 1.82) is 0 Å². The molecule has 2 aromatic carbocycles. The first-order valence-electron chi connectivity index (χ1n) is 8.60. The Kier molecular flexibility index (Phi) is 5.07. The van der Waals surface area contributed by atoms with Gasteiger partial charge in [0, 0.05) is 5.92 Å². The molecular formula is C21H20N2O4. The molecule has 1 aromatic heterocycles. The molecule has 0 unspecified atom stereocenters. The van der Waals surface area contributed by atoms with Crippen LogP contribution in [0, 0.1) is 0 Å². The third-order valence-electron chi connectivity index (χ3n) is 4.34. The van der Waals surface area contributed by atoms with Gasteiger partial charge in [-0.05, 0) is 16.7 Å². The monoisotopic (exact) mass is 364 g/mol. The number of hydrogen-bond acceptors (Lipinski definition) is 4. The Morgan fingerprint density at radius 1 is 1.07 bits per heavy atom. The van der Waals surface area contributed by atoms with Gasteiger partial charge < -0.3 is 10.2 Å². The quantitative estimate of drug-likeness (QED) is 0.723. The van der Waals surface area contributed by atoms with E-state index >= 15 is 0 Å². The maximum absolute atomic E-state index is 12.6. The SMILES string of the molecule is CC(C)c1nn(Cc2ccccc2-c2ccccc2)c(=O)c(C(=O)O)c1O. The summed E-state index contributed by atoms with van der Waals surface area (Å²) in [6.07, 6.45) is 0. The lowest BCUT2D eigenvalue weighted by molar-refractivity contribution is 0.0690. The van der Waals surface area contributed by atoms with Gasteiger partial charge in [0.05, 0.1) is 6.54 Å². The van der Waals surface area contributed by atoms with Crippen LogP contribution in [0.2, 0.25) is 0 Å². The summed E-state index contributed by atoms with van der Waals surface area (Å²) in [5.41, 5.74) is 1.46. The minimum Gasteiger partial charge on any atom is -0.505 e. The minimum atomic E-state index is -1.47. The number of hydrogen-bond donors (Lipinski definition) is 2. The van der Waals surface area contributed by atoms with Crippen LogP contribution >= 0.6 is 0 Å². The normalized spacial score (nSPS) is 10.9. The van der Waals surface area contributed by atoms with E-state index in [0.717, 1.165) is 21.4 Å². The summed E-state index contributed by atoms with van der Waals surface area (Å²) in [5, 5.41) is 23.8. The van der Waals surface area contributed by atoms with E-state index in [1.165, 1.54) is 0 Å². The average Bonchev–Trinajstić information content (AvgIpc) is 2.64. The van der Waals surface area contributed by atoms with Crippen LogP contribution in [0.1, 0.15) is 41.4 Å². The highest BCUT2D eigenvalue weighted by atomic mass is 16.4. The maximum Gasteiger partial charge on any atom is 0.345 e. The number of aromatic carboxylic acids is 1. The zero-order chi connectivity index (χ0) is 19.6. The molecule has 0 aliphatic heterocycles. The smallest absolute Gasteiger partial charge is 0.345 e. The molecule has 6 nitrogen and oxygen atoms in total. The van der Waals surface area contributed by atoms with Crippen molar-refractivity contribution in [2.75, 3.05) is 0 Å². The summed E-state index contributed by atoms with van der Waals surface area (Å²) in [5.74, 6) is -2.26. The number of carbonyl (C=O) groups is 1. The van der Waals surface area contributed by atoms with E-state index in [0.29, 0.717) is 0 Å². The molecule has 3 aromatic rings. The van der Waals surface area contributed by atoms with Gasteiger partial charge in [-0.3, -0.25) is 4.79 Å². The second-order valence-electron chi connectivity index (χ2n) is 6.55. The van der Waals surface area contributed by atoms with Crippen LogP contribution in [-0.4, -0.2) is 26.0 Å². The van der Waals surface area contributed by atoms with Gasteiger partial charge in [0.2, 0.25) is 0 Å². The standard InChI is InChI=1S/C21H20N2O4/c1-13(2)18-19(24)17(21(26)27)20(25)23(22-18)12-15-10-6-7-11-16(15)14-8-4-3-5-9-14/h3-11,13,24H,12H2,1-2H3,(H,26,27). The summed E-state index contributed by atoms with van der Waals surface area (Å²) in [7, 11) is 0. The molecule has 27 heavy (non-hydrogen) atoms. The zero-order valence-electron chi connectivity index (χ0n) is 15.1. The van der Waals surface area contributed by atoms with E-state index in [1.54, 1.807) is 13.8 Å². The molecule has 0 amide bonds. The number of aromatic hydroxyl groups is 1. The molecule has 2 N–H and O–H groups in total. The van der Waals surface area contributed by atoms with Crippen LogP contribution in [0.3, 0.4) is 0 Å². The predicted octanol–water partition coefficient (Wildman–Crippen LogP) is 3.49. The molecule has 0 aliphatic carbocycles. The molecule has 0 saturated heterocycles. The largest absolute Gasteiger partial charge is 0.505 e. The van der Waals surface area contributed by atoms with Gasteiger partial charge in [0.1, 0.15) is 5.69 Å². The van der Waals surface area contributed by atoms with Gasteiger partial charge >= 0.3 is 5.97 Å². The molecule has 0 radical (unpaired) electrons. The van der Waals surface area contributed by atoms with Crippen molar-refractivity contribution in [3.8, 4) is 16.9 Å². The van der Waals surface area contributed by atoms with Gasteiger partial charge in [0.25, 0.3) is 5.56 Å². The summed E-state index contributed by atoms with van der Waals surface area (Å²) in [4.78, 5) is 24.1. The number of nitrogens with zero attached hydrogens (tertiary/aromatic N) is 2. The van der Waals surface area contributed by atoms with Crippen LogP contribution in [-0.2, 0) is 6.54 Å². The third-order valence-corrected chi connectivity index (χ3v) is 4.34. The van der Waals surface area contributed by atoms with Gasteiger partial charge in [-0.15, -0.1) is 0 Å². The van der Waals surface area contributed by atoms with Gasteiger partial charge in [-0.25, -0.2) is 9.48 Å². The molecule has 138 valence electrons. The number of carboxylic acids is 1. The first-order valence-corrected chi connectivity index (χ1v) is 8.60. The molecule has 0 bridgehead atoms. The Balaban J connectivity index is 2.15. The van der Waals surface area contributed by atoms with E-state index in [2.05, 4.69) is 5.10 Å². The zero-order valence-corrected chi connectivity index (χ0v) is 15.1. The van der Waals surface area contributed by atoms with E-state index < -0.39 is 22.8 Å². The van der Waals surface area contributed by atoms with Crippen molar-refractivity contribution in [2.45, 2.75) is 26.3 Å². The van der Waals surface area contributed by atoms with Crippen LogP contribution in [0.25, 0.3) is 11.1 Å². The van der Waals surface area contributed by atoms with Crippen molar-refractivity contribution in [1.82, 2.24) is 9.78 Å².